The second-order valence-corrected chi connectivity index (χ2v) is 5.60. The van der Waals surface area contributed by atoms with E-state index in [0.29, 0.717) is 18.2 Å². The lowest BCUT2D eigenvalue weighted by molar-refractivity contribution is 0.653. The molecule has 0 saturated heterocycles. The predicted octanol–water partition coefficient (Wildman–Crippen LogP) is 3.03. The Bertz CT molecular complexity index is 607. The summed E-state index contributed by atoms with van der Waals surface area (Å²) in [5, 5.41) is 12.2. The van der Waals surface area contributed by atoms with E-state index in [4.69, 9.17) is 23.8 Å². The Morgan fingerprint density at radius 3 is 2.52 bits per heavy atom. The van der Waals surface area contributed by atoms with Crippen molar-refractivity contribution in [2.45, 2.75) is 33.5 Å². The van der Waals surface area contributed by atoms with Crippen molar-refractivity contribution >= 4 is 28.9 Å². The van der Waals surface area contributed by atoms with E-state index in [1.807, 2.05) is 42.1 Å². The molecule has 0 aliphatic rings. The fourth-order valence-corrected chi connectivity index (χ4v) is 2.19. The van der Waals surface area contributed by atoms with E-state index in [2.05, 4.69) is 22.7 Å². The third-order valence-corrected chi connectivity index (χ3v) is 3.72. The molecule has 0 fully saturated rings. The van der Waals surface area contributed by atoms with Crippen LogP contribution in [0.25, 0.3) is 0 Å². The number of rotatable bonds is 5. The molecule has 0 unspecified atom stereocenters. The molecule has 21 heavy (non-hydrogen) atoms. The summed E-state index contributed by atoms with van der Waals surface area (Å²) in [6.45, 7) is 6.31. The van der Waals surface area contributed by atoms with Gasteiger partial charge in [0.05, 0.1) is 5.69 Å². The molecule has 0 radical (unpaired) electrons. The third-order valence-electron chi connectivity index (χ3n) is 3.18. The van der Waals surface area contributed by atoms with E-state index < -0.39 is 0 Å². The van der Waals surface area contributed by atoms with Gasteiger partial charge in [0.1, 0.15) is 0 Å². The summed E-state index contributed by atoms with van der Waals surface area (Å²) in [5.41, 5.74) is 3.33. The summed E-state index contributed by atoms with van der Waals surface area (Å²) in [4.78, 5) is 0. The molecule has 1 aromatic heterocycles. The Morgan fingerprint density at radius 1 is 1.24 bits per heavy atom. The zero-order valence-corrected chi connectivity index (χ0v) is 13.8. The maximum absolute atomic E-state index is 5.85. The summed E-state index contributed by atoms with van der Waals surface area (Å²) in [6, 6.07) is 7.70. The van der Waals surface area contributed by atoms with Gasteiger partial charge in [-0.2, -0.15) is 5.10 Å². The van der Waals surface area contributed by atoms with Crippen LogP contribution in [0.1, 0.15) is 23.7 Å². The number of aromatic nitrogens is 2. The van der Waals surface area contributed by atoms with Gasteiger partial charge < -0.3 is 10.6 Å². The Labute approximate surface area is 135 Å². The summed E-state index contributed by atoms with van der Waals surface area (Å²) in [5.74, 6) is 0. The predicted molar refractivity (Wildman–Crippen MR) is 90.4 cm³/mol. The lowest BCUT2D eigenvalue weighted by Gasteiger charge is -2.10. The number of benzene rings is 1. The van der Waals surface area contributed by atoms with Gasteiger partial charge in [-0.15, -0.1) is 0 Å². The average Bonchev–Trinajstić information content (AvgIpc) is 2.85. The fraction of sp³-hybridized carbons (Fsp3) is 0.333. The van der Waals surface area contributed by atoms with Crippen LogP contribution in [0.4, 0.5) is 0 Å². The van der Waals surface area contributed by atoms with E-state index in [-0.39, 0.29) is 0 Å². The van der Waals surface area contributed by atoms with Gasteiger partial charge in [-0.3, -0.25) is 4.68 Å². The van der Waals surface area contributed by atoms with E-state index >= 15 is 0 Å². The molecule has 0 spiro atoms. The molecule has 0 aliphatic carbocycles. The van der Waals surface area contributed by atoms with E-state index in [0.717, 1.165) is 28.4 Å². The maximum Gasteiger partial charge on any atom is 0.166 e. The molecule has 1 heterocycles. The third kappa shape index (κ3) is 4.72. The highest BCUT2D eigenvalue weighted by molar-refractivity contribution is 7.80. The molecular formula is C15H19ClN4S. The Hall–Kier alpha value is -1.59. The van der Waals surface area contributed by atoms with Crippen molar-refractivity contribution in [3.05, 3.63) is 52.3 Å². The van der Waals surface area contributed by atoms with Gasteiger partial charge in [-0.05, 0) is 43.8 Å². The first-order chi connectivity index (χ1) is 10.1. The van der Waals surface area contributed by atoms with Crippen LogP contribution >= 0.6 is 23.8 Å². The zero-order valence-electron chi connectivity index (χ0n) is 12.2. The van der Waals surface area contributed by atoms with Crippen molar-refractivity contribution in [3.63, 3.8) is 0 Å². The van der Waals surface area contributed by atoms with Crippen molar-refractivity contribution in [2.24, 2.45) is 0 Å². The summed E-state index contributed by atoms with van der Waals surface area (Å²) in [6.07, 6.45) is 2.05. The number of halogens is 1. The minimum Gasteiger partial charge on any atom is -0.359 e. The minimum atomic E-state index is 0.633. The molecule has 0 saturated carbocycles. The lowest BCUT2D eigenvalue weighted by atomic mass is 10.2. The SMILES string of the molecule is CCn1cc(CNC(=S)NCc2ccc(Cl)cc2)c(C)n1. The molecule has 2 N–H and O–H groups in total. The molecule has 112 valence electrons. The zero-order chi connectivity index (χ0) is 15.2. The van der Waals surface area contributed by atoms with Crippen molar-refractivity contribution in [1.82, 2.24) is 20.4 Å². The minimum absolute atomic E-state index is 0.633. The van der Waals surface area contributed by atoms with Gasteiger partial charge >= 0.3 is 0 Å². The Morgan fingerprint density at radius 2 is 1.90 bits per heavy atom. The van der Waals surface area contributed by atoms with E-state index in [9.17, 15) is 0 Å². The number of nitrogens with zero attached hydrogens (tertiary/aromatic N) is 2. The average molecular weight is 323 g/mol. The van der Waals surface area contributed by atoms with Crippen LogP contribution in [0, 0.1) is 6.92 Å². The van der Waals surface area contributed by atoms with Crippen molar-refractivity contribution in [1.29, 1.82) is 0 Å². The molecule has 1 aromatic carbocycles. The number of hydrogen-bond donors (Lipinski definition) is 2. The molecule has 0 atom stereocenters. The highest BCUT2D eigenvalue weighted by atomic mass is 35.5. The van der Waals surface area contributed by atoms with Crippen molar-refractivity contribution < 1.29 is 0 Å². The molecule has 2 aromatic rings. The first-order valence-corrected chi connectivity index (χ1v) is 7.66. The highest BCUT2D eigenvalue weighted by Crippen LogP contribution is 2.09. The van der Waals surface area contributed by atoms with Crippen molar-refractivity contribution in [2.75, 3.05) is 0 Å². The topological polar surface area (TPSA) is 41.9 Å². The first-order valence-electron chi connectivity index (χ1n) is 6.87. The largest absolute Gasteiger partial charge is 0.359 e. The molecule has 6 heteroatoms. The lowest BCUT2D eigenvalue weighted by Crippen LogP contribution is -2.34. The van der Waals surface area contributed by atoms with Crippen LogP contribution in [0.15, 0.2) is 30.5 Å². The standard InChI is InChI=1S/C15H19ClN4S/c1-3-20-10-13(11(2)19-20)9-18-15(21)17-8-12-4-6-14(16)7-5-12/h4-7,10H,3,8-9H2,1-2H3,(H2,17,18,21). The second-order valence-electron chi connectivity index (χ2n) is 4.76. The Balaban J connectivity index is 1.79. The first kappa shape index (κ1) is 15.8. The summed E-state index contributed by atoms with van der Waals surface area (Å²) < 4.78 is 1.93. The number of aryl methyl sites for hydroxylation is 2. The van der Waals surface area contributed by atoms with Gasteiger partial charge in [-0.25, -0.2) is 0 Å². The molecule has 2 rings (SSSR count). The van der Waals surface area contributed by atoms with Crippen LogP contribution in [0.3, 0.4) is 0 Å². The van der Waals surface area contributed by atoms with Crippen LogP contribution in [-0.4, -0.2) is 14.9 Å². The van der Waals surface area contributed by atoms with Crippen molar-refractivity contribution in [3.8, 4) is 0 Å². The quantitative estimate of drug-likeness (QED) is 0.830. The second kappa shape index (κ2) is 7.43. The number of thiocarbonyl (C=S) groups is 1. The van der Waals surface area contributed by atoms with Crippen LogP contribution in [-0.2, 0) is 19.6 Å². The molecule has 0 aliphatic heterocycles. The highest BCUT2D eigenvalue weighted by Gasteiger charge is 2.04. The maximum atomic E-state index is 5.85. The van der Waals surface area contributed by atoms with Gasteiger partial charge in [-0.1, -0.05) is 23.7 Å². The molecule has 0 amide bonds. The van der Waals surface area contributed by atoms with Gasteiger partial charge in [0.15, 0.2) is 5.11 Å². The number of hydrogen-bond acceptors (Lipinski definition) is 2. The monoisotopic (exact) mass is 322 g/mol. The van der Waals surface area contributed by atoms with E-state index in [1.165, 1.54) is 0 Å². The van der Waals surface area contributed by atoms with Crippen LogP contribution in [0.2, 0.25) is 5.02 Å². The Kier molecular flexibility index (Phi) is 5.59. The summed E-state index contributed by atoms with van der Waals surface area (Å²) >= 11 is 11.1. The molecule has 0 bridgehead atoms. The van der Waals surface area contributed by atoms with Crippen LogP contribution in [0.5, 0.6) is 0 Å². The van der Waals surface area contributed by atoms with Gasteiger partial charge in [0.2, 0.25) is 0 Å². The summed E-state index contributed by atoms with van der Waals surface area (Å²) in [7, 11) is 0. The van der Waals surface area contributed by atoms with E-state index in [1.54, 1.807) is 0 Å². The molecule has 4 nitrogen and oxygen atoms in total. The smallest absolute Gasteiger partial charge is 0.166 e. The van der Waals surface area contributed by atoms with Gasteiger partial charge in [0, 0.05) is 36.4 Å². The normalized spacial score (nSPS) is 10.4. The van der Waals surface area contributed by atoms with Gasteiger partial charge in [0.25, 0.3) is 0 Å². The number of nitrogens with one attached hydrogen (secondary N) is 2. The fourth-order valence-electron chi connectivity index (χ4n) is 1.92. The molecular weight excluding hydrogens is 304 g/mol. The van der Waals surface area contributed by atoms with Crippen LogP contribution < -0.4 is 10.6 Å².